The Kier molecular flexibility index (Phi) is 7.05. The molecule has 184 valence electrons. The quantitative estimate of drug-likeness (QED) is 0.362. The number of carbonyl (C=O) groups is 1. The van der Waals surface area contributed by atoms with Gasteiger partial charge in [0.25, 0.3) is 0 Å². The van der Waals surface area contributed by atoms with E-state index in [1.807, 2.05) is 37.3 Å². The van der Waals surface area contributed by atoms with Crippen LogP contribution in [0.5, 0.6) is 0 Å². The molecule has 0 radical (unpaired) electrons. The van der Waals surface area contributed by atoms with Gasteiger partial charge in [-0.1, -0.05) is 34.4 Å². The molecule has 0 bridgehead atoms. The minimum Gasteiger partial charge on any atom is -0.478 e. The smallest absolute Gasteiger partial charge is 0.335 e. The lowest BCUT2D eigenvalue weighted by molar-refractivity contribution is 0.0328. The van der Waals surface area contributed by atoms with Crippen molar-refractivity contribution < 1.29 is 19.2 Å². The Bertz CT molecular complexity index is 1220. The molecule has 6 nitrogen and oxygen atoms in total. The maximum absolute atomic E-state index is 11.3. The van der Waals surface area contributed by atoms with Crippen LogP contribution < -0.4 is 4.90 Å². The zero-order chi connectivity index (χ0) is 24.5. The first-order valence-electron chi connectivity index (χ1n) is 12.1. The molecule has 2 fully saturated rings. The molecule has 8 heteroatoms. The second-order valence-corrected chi connectivity index (χ2v) is 10.2. The second-order valence-electron chi connectivity index (χ2n) is 9.40. The molecule has 1 aliphatic carbocycles. The molecule has 35 heavy (non-hydrogen) atoms. The number of carboxylic acid groups (broad SMARTS) is 1. The number of aromatic nitrogens is 1. The van der Waals surface area contributed by atoms with Gasteiger partial charge in [-0.3, -0.25) is 0 Å². The average molecular weight is 515 g/mol. The van der Waals surface area contributed by atoms with Gasteiger partial charge in [0, 0.05) is 35.8 Å². The molecule has 1 aliphatic heterocycles. The molecule has 1 unspecified atom stereocenters. The molecule has 0 spiro atoms. The number of benzene rings is 2. The van der Waals surface area contributed by atoms with E-state index >= 15 is 0 Å². The van der Waals surface area contributed by atoms with Crippen molar-refractivity contribution in [1.29, 1.82) is 0 Å². The number of hydrogen-bond acceptors (Lipinski definition) is 5. The fourth-order valence-electron chi connectivity index (χ4n) is 4.82. The number of hydrogen-bond donors (Lipinski definition) is 1. The fraction of sp³-hybridized carbons (Fsp3) is 0.407. The summed E-state index contributed by atoms with van der Waals surface area (Å²) in [6, 6.07) is 11.0. The lowest BCUT2D eigenvalue weighted by atomic mass is 10.0. The zero-order valence-electron chi connectivity index (χ0n) is 19.6. The molecular weight excluding hydrogens is 487 g/mol. The Hall–Kier alpha value is -2.54. The van der Waals surface area contributed by atoms with Gasteiger partial charge >= 0.3 is 5.97 Å². The molecular formula is C27H28Cl2N2O4. The molecule has 2 heterocycles. The van der Waals surface area contributed by atoms with Gasteiger partial charge in [0.05, 0.1) is 28.3 Å². The first kappa shape index (κ1) is 24.2. The maximum atomic E-state index is 11.3. The van der Waals surface area contributed by atoms with E-state index in [0.717, 1.165) is 67.8 Å². The highest BCUT2D eigenvalue weighted by Gasteiger charge is 2.34. The summed E-state index contributed by atoms with van der Waals surface area (Å²) in [7, 11) is 0. The van der Waals surface area contributed by atoms with Crippen molar-refractivity contribution in [1.82, 2.24) is 5.16 Å². The van der Waals surface area contributed by atoms with Crippen LogP contribution in [0.4, 0.5) is 5.69 Å². The predicted octanol–water partition coefficient (Wildman–Crippen LogP) is 7.11. The van der Waals surface area contributed by atoms with E-state index in [-0.39, 0.29) is 6.10 Å². The molecule has 1 atom stereocenters. The van der Waals surface area contributed by atoms with E-state index in [4.69, 9.17) is 32.5 Å². The van der Waals surface area contributed by atoms with Gasteiger partial charge < -0.3 is 19.3 Å². The van der Waals surface area contributed by atoms with Gasteiger partial charge in [0.1, 0.15) is 11.5 Å². The third-order valence-corrected chi connectivity index (χ3v) is 7.54. The average Bonchev–Trinajstić information content (AvgIpc) is 3.62. The highest BCUT2D eigenvalue weighted by Crippen LogP contribution is 2.46. The first-order chi connectivity index (χ1) is 16.9. The largest absolute Gasteiger partial charge is 0.478 e. The van der Waals surface area contributed by atoms with Crippen molar-refractivity contribution >= 4 is 34.9 Å². The maximum Gasteiger partial charge on any atom is 0.335 e. The van der Waals surface area contributed by atoms with Crippen LogP contribution in [-0.2, 0) is 11.3 Å². The summed E-state index contributed by atoms with van der Waals surface area (Å²) < 4.78 is 12.2. The Morgan fingerprint density at radius 3 is 2.60 bits per heavy atom. The van der Waals surface area contributed by atoms with Crippen molar-refractivity contribution in [2.45, 2.75) is 57.7 Å². The molecule has 0 amide bonds. The third kappa shape index (κ3) is 5.20. The van der Waals surface area contributed by atoms with E-state index in [1.54, 1.807) is 6.07 Å². The Morgan fingerprint density at radius 2 is 1.91 bits per heavy atom. The van der Waals surface area contributed by atoms with Gasteiger partial charge in [-0.15, -0.1) is 0 Å². The van der Waals surface area contributed by atoms with E-state index in [1.165, 1.54) is 0 Å². The number of halogens is 2. The number of carboxylic acids is 1. The summed E-state index contributed by atoms with van der Waals surface area (Å²) >= 11 is 13.0. The predicted molar refractivity (Wildman–Crippen MR) is 137 cm³/mol. The van der Waals surface area contributed by atoms with E-state index in [9.17, 15) is 9.90 Å². The number of rotatable bonds is 7. The van der Waals surface area contributed by atoms with Crippen LogP contribution in [0.25, 0.3) is 11.3 Å². The Balaban J connectivity index is 1.29. The number of anilines is 1. The summed E-state index contributed by atoms with van der Waals surface area (Å²) in [5.41, 5.74) is 4.49. The van der Waals surface area contributed by atoms with Crippen LogP contribution >= 0.6 is 23.2 Å². The fourth-order valence-corrected chi connectivity index (χ4v) is 5.40. The number of aryl methyl sites for hydroxylation is 1. The summed E-state index contributed by atoms with van der Waals surface area (Å²) in [6.07, 6.45) is 5.12. The highest BCUT2D eigenvalue weighted by molar-refractivity contribution is 6.39. The van der Waals surface area contributed by atoms with Crippen molar-refractivity contribution in [3.63, 3.8) is 0 Å². The number of nitrogens with zero attached hydrogens (tertiary/aromatic N) is 2. The monoisotopic (exact) mass is 514 g/mol. The van der Waals surface area contributed by atoms with Crippen molar-refractivity contribution in [3.05, 3.63) is 68.9 Å². The number of ether oxygens (including phenoxy) is 1. The zero-order valence-corrected chi connectivity index (χ0v) is 21.1. The molecule has 1 N–H and O–H groups in total. The Morgan fingerprint density at radius 1 is 1.14 bits per heavy atom. The first-order valence-corrected chi connectivity index (χ1v) is 12.8. The van der Waals surface area contributed by atoms with Crippen LogP contribution in [0.15, 0.2) is 40.9 Å². The molecule has 2 aromatic carbocycles. The minimum absolute atomic E-state index is 0.107. The summed E-state index contributed by atoms with van der Waals surface area (Å²) in [4.78, 5) is 13.7. The lowest BCUT2D eigenvalue weighted by Crippen LogP contribution is -2.25. The van der Waals surface area contributed by atoms with Gasteiger partial charge in [-0.2, -0.15) is 0 Å². The molecule has 2 aliphatic rings. The van der Waals surface area contributed by atoms with Crippen LogP contribution in [0.3, 0.4) is 0 Å². The van der Waals surface area contributed by atoms with Gasteiger partial charge in [0.15, 0.2) is 0 Å². The second kappa shape index (κ2) is 10.2. The Labute approximate surface area is 214 Å². The minimum atomic E-state index is -0.893. The van der Waals surface area contributed by atoms with Crippen molar-refractivity contribution in [3.8, 4) is 11.3 Å². The summed E-state index contributed by atoms with van der Waals surface area (Å²) in [6.45, 7) is 4.00. The van der Waals surface area contributed by atoms with Crippen molar-refractivity contribution in [2.24, 2.45) is 0 Å². The van der Waals surface area contributed by atoms with Crippen LogP contribution in [0.1, 0.15) is 65.3 Å². The van der Waals surface area contributed by atoms with Gasteiger partial charge in [0.2, 0.25) is 0 Å². The molecule has 5 rings (SSSR count). The van der Waals surface area contributed by atoms with Gasteiger partial charge in [-0.25, -0.2) is 4.79 Å². The molecule has 1 saturated carbocycles. The summed E-state index contributed by atoms with van der Waals surface area (Å²) in [5.74, 6) is 0.383. The normalized spacial score (nSPS) is 18.5. The van der Waals surface area contributed by atoms with Crippen LogP contribution in [0.2, 0.25) is 10.0 Å². The van der Waals surface area contributed by atoms with Crippen molar-refractivity contribution in [2.75, 3.05) is 18.0 Å². The lowest BCUT2D eigenvalue weighted by Gasteiger charge is -2.23. The van der Waals surface area contributed by atoms with Gasteiger partial charge in [-0.05, 0) is 74.9 Å². The van der Waals surface area contributed by atoms with E-state index < -0.39 is 5.97 Å². The highest BCUT2D eigenvalue weighted by atomic mass is 35.5. The van der Waals surface area contributed by atoms with E-state index in [2.05, 4.69) is 10.1 Å². The third-order valence-electron chi connectivity index (χ3n) is 6.91. The van der Waals surface area contributed by atoms with Crippen LogP contribution in [-0.4, -0.2) is 35.4 Å². The van der Waals surface area contributed by atoms with E-state index in [0.29, 0.717) is 39.4 Å². The van der Waals surface area contributed by atoms with Crippen LogP contribution in [0, 0.1) is 6.92 Å². The standard InChI is InChI=1S/C27H28Cl2N2O4/c1-16-14-18(9-10-20(16)27(32)33)31-12-3-4-19(11-13-31)34-15-21-25(30-35-26(21)17-7-8-17)24-22(28)5-2-6-23(24)29/h2,5-6,9-10,14,17,19H,3-4,7-8,11-13,15H2,1H3,(H,32,33). The number of aromatic carboxylic acids is 1. The topological polar surface area (TPSA) is 75.8 Å². The molecule has 1 saturated heterocycles. The summed E-state index contributed by atoms with van der Waals surface area (Å²) in [5, 5.41) is 14.8. The SMILES string of the molecule is Cc1cc(N2CCCC(OCc3c(-c4c(Cl)cccc4Cl)noc3C3CC3)CC2)ccc1C(=O)O. The molecule has 3 aromatic rings. The molecule has 1 aromatic heterocycles.